The number of nitrogens with two attached hydrogens (primary N) is 1. The quantitative estimate of drug-likeness (QED) is 0.541. The van der Waals surface area contributed by atoms with E-state index < -0.39 is 5.91 Å². The number of hydrogen-bond acceptors (Lipinski definition) is 8. The Morgan fingerprint density at radius 2 is 1.69 bits per heavy atom. The molecule has 3 aromatic rings. The summed E-state index contributed by atoms with van der Waals surface area (Å²) in [5.74, 6) is 1.34. The molecule has 0 spiro atoms. The maximum Gasteiger partial charge on any atom is 0.248 e. The van der Waals surface area contributed by atoms with Crippen molar-refractivity contribution in [1.29, 1.82) is 0 Å². The van der Waals surface area contributed by atoms with Crippen molar-refractivity contribution in [2.75, 3.05) is 61.5 Å². The number of hydrogen-bond donors (Lipinski definition) is 2. The lowest BCUT2D eigenvalue weighted by molar-refractivity contribution is 0.1000. The van der Waals surface area contributed by atoms with Crippen LogP contribution in [0.15, 0.2) is 60.8 Å². The van der Waals surface area contributed by atoms with Gasteiger partial charge in [0.2, 0.25) is 5.91 Å². The van der Waals surface area contributed by atoms with Crippen molar-refractivity contribution in [1.82, 2.24) is 19.9 Å². The predicted molar refractivity (Wildman–Crippen MR) is 139 cm³/mol. The first kappa shape index (κ1) is 23.1. The van der Waals surface area contributed by atoms with E-state index in [0.29, 0.717) is 23.0 Å². The molecule has 1 amide bonds. The number of nitrogens with one attached hydrogen (secondary N) is 1. The highest BCUT2D eigenvalue weighted by Gasteiger charge is 2.24. The summed E-state index contributed by atoms with van der Waals surface area (Å²) in [7, 11) is 2.15. The van der Waals surface area contributed by atoms with Gasteiger partial charge in [0.05, 0.1) is 17.6 Å². The Labute approximate surface area is 206 Å². The first-order valence-corrected chi connectivity index (χ1v) is 12.2. The largest absolute Gasteiger partial charge is 0.368 e. The summed E-state index contributed by atoms with van der Waals surface area (Å²) < 4.78 is 0. The fraction of sp³-hybridized carbons (Fsp3) is 0.346. The Balaban J connectivity index is 1.42. The molecule has 2 aliphatic rings. The summed E-state index contributed by atoms with van der Waals surface area (Å²) in [5, 5.41) is 7.61. The molecule has 9 nitrogen and oxygen atoms in total. The molecule has 1 aromatic carbocycles. The van der Waals surface area contributed by atoms with Gasteiger partial charge in [-0.15, -0.1) is 0 Å². The average molecular weight is 473 g/mol. The molecule has 35 heavy (non-hydrogen) atoms. The molecule has 9 heteroatoms. The van der Waals surface area contributed by atoms with Gasteiger partial charge in [-0.3, -0.25) is 9.80 Å². The van der Waals surface area contributed by atoms with Crippen molar-refractivity contribution in [2.45, 2.75) is 12.8 Å². The fourth-order valence-electron chi connectivity index (χ4n) is 4.58. The third kappa shape index (κ3) is 5.36. The van der Waals surface area contributed by atoms with Crippen molar-refractivity contribution >= 4 is 34.7 Å². The third-order valence-electron chi connectivity index (χ3n) is 6.55. The van der Waals surface area contributed by atoms with Gasteiger partial charge in [0, 0.05) is 44.8 Å². The Kier molecular flexibility index (Phi) is 6.78. The lowest BCUT2D eigenvalue weighted by Gasteiger charge is -2.33. The van der Waals surface area contributed by atoms with E-state index in [4.69, 9.17) is 10.7 Å². The maximum atomic E-state index is 12.2. The van der Waals surface area contributed by atoms with Crippen LogP contribution >= 0.6 is 0 Å². The molecule has 4 heterocycles. The van der Waals surface area contributed by atoms with Crippen LogP contribution < -0.4 is 21.0 Å². The van der Waals surface area contributed by atoms with Gasteiger partial charge < -0.3 is 20.9 Å². The number of nitrogens with zero attached hydrogens (tertiary/aromatic N) is 6. The number of amides is 1. The number of anilines is 5. The van der Waals surface area contributed by atoms with Crippen LogP contribution in [0, 0.1) is 0 Å². The van der Waals surface area contributed by atoms with Crippen LogP contribution in [0.25, 0.3) is 0 Å². The number of carbonyl (C=O) groups is 1. The second kappa shape index (κ2) is 10.3. The lowest BCUT2D eigenvalue weighted by Crippen LogP contribution is -2.44. The van der Waals surface area contributed by atoms with Crippen LogP contribution in [-0.2, 0) is 0 Å². The van der Waals surface area contributed by atoms with Gasteiger partial charge in [-0.05, 0) is 56.3 Å². The van der Waals surface area contributed by atoms with E-state index >= 15 is 0 Å². The molecule has 0 bridgehead atoms. The zero-order valence-electron chi connectivity index (χ0n) is 20.1. The van der Waals surface area contributed by atoms with Crippen molar-refractivity contribution in [3.63, 3.8) is 0 Å². The summed E-state index contributed by atoms with van der Waals surface area (Å²) in [6.45, 7) is 5.92. The van der Waals surface area contributed by atoms with Crippen LogP contribution in [0.2, 0.25) is 0 Å². The van der Waals surface area contributed by atoms with Crippen molar-refractivity contribution in [2.24, 2.45) is 5.73 Å². The Morgan fingerprint density at radius 3 is 2.34 bits per heavy atom. The molecular weight excluding hydrogens is 440 g/mol. The minimum atomic E-state index is -0.496. The van der Waals surface area contributed by atoms with Crippen molar-refractivity contribution in [3.05, 3.63) is 66.4 Å². The lowest BCUT2D eigenvalue weighted by atomic mass is 10.2. The van der Waals surface area contributed by atoms with Crippen LogP contribution in [0.3, 0.4) is 0 Å². The minimum absolute atomic E-state index is 0.395. The fourth-order valence-corrected chi connectivity index (χ4v) is 4.58. The molecule has 182 valence electrons. The zero-order valence-corrected chi connectivity index (χ0v) is 20.1. The number of primary amides is 1. The van der Waals surface area contributed by atoms with Gasteiger partial charge in [0.25, 0.3) is 0 Å². The van der Waals surface area contributed by atoms with E-state index in [2.05, 4.69) is 43.2 Å². The molecule has 2 saturated heterocycles. The van der Waals surface area contributed by atoms with Crippen molar-refractivity contribution < 1.29 is 4.79 Å². The Morgan fingerprint density at radius 1 is 0.943 bits per heavy atom. The summed E-state index contributed by atoms with van der Waals surface area (Å²) in [6.07, 6.45) is 4.12. The van der Waals surface area contributed by atoms with E-state index in [-0.39, 0.29) is 0 Å². The maximum absolute atomic E-state index is 12.2. The number of aromatic nitrogens is 2. The smallest absolute Gasteiger partial charge is 0.248 e. The van der Waals surface area contributed by atoms with E-state index in [0.717, 1.165) is 63.5 Å². The molecule has 0 radical (unpaired) electrons. The molecule has 0 saturated carbocycles. The first-order valence-electron chi connectivity index (χ1n) is 12.2. The van der Waals surface area contributed by atoms with Gasteiger partial charge in [0.15, 0.2) is 5.82 Å². The monoisotopic (exact) mass is 472 g/mol. The summed E-state index contributed by atoms with van der Waals surface area (Å²) >= 11 is 0. The Bertz CT molecular complexity index is 1140. The summed E-state index contributed by atoms with van der Waals surface area (Å²) in [6, 6.07) is 17.5. The number of likely N-dealkylation sites (N-methyl/N-ethyl adjacent to an activating group) is 1. The summed E-state index contributed by atoms with van der Waals surface area (Å²) in [5.41, 5.74) is 8.19. The minimum Gasteiger partial charge on any atom is -0.368 e. The van der Waals surface area contributed by atoms with Crippen molar-refractivity contribution in [3.8, 4) is 0 Å². The number of pyridine rings is 2. The van der Waals surface area contributed by atoms with Gasteiger partial charge in [-0.25, -0.2) is 15.0 Å². The van der Waals surface area contributed by atoms with Crippen LogP contribution in [0.1, 0.15) is 23.2 Å². The molecule has 3 N–H and O–H groups in total. The second-order valence-corrected chi connectivity index (χ2v) is 9.09. The highest BCUT2D eigenvalue weighted by molar-refractivity contribution is 5.94. The molecule has 0 atom stereocenters. The van der Waals surface area contributed by atoms with Crippen LogP contribution in [0.4, 0.5) is 28.8 Å². The Hall–Kier alpha value is -3.69. The molecule has 0 unspecified atom stereocenters. The van der Waals surface area contributed by atoms with E-state index in [9.17, 15) is 4.79 Å². The predicted octanol–water partition coefficient (Wildman–Crippen LogP) is 3.22. The van der Waals surface area contributed by atoms with E-state index in [1.165, 1.54) is 0 Å². The highest BCUT2D eigenvalue weighted by atomic mass is 16.1. The molecule has 5 rings (SSSR count). The normalized spacial score (nSPS) is 16.9. The number of carbonyl (C=O) groups excluding carboxylic acids is 1. The first-order chi connectivity index (χ1) is 17.1. The van der Waals surface area contributed by atoms with Gasteiger partial charge >= 0.3 is 0 Å². The molecule has 0 aliphatic carbocycles. The highest BCUT2D eigenvalue weighted by Crippen LogP contribution is 2.31. The standard InChI is InChI=1S/C26H32N8O/c1-31-13-15-32(16-14-31)22-9-10-23(28-19-22)29-24-17-20(26(27)35)18-25(30-24)34(33-11-5-6-12-33)21-7-3-2-4-8-21/h2-4,7-10,17-19H,5-6,11-16H2,1H3,(H2,27,35)(H,28,29,30). The third-order valence-corrected chi connectivity index (χ3v) is 6.55. The number of piperazine rings is 1. The molecule has 2 aliphatic heterocycles. The zero-order chi connectivity index (χ0) is 24.2. The second-order valence-electron chi connectivity index (χ2n) is 9.09. The van der Waals surface area contributed by atoms with Gasteiger partial charge in [0.1, 0.15) is 11.6 Å². The number of rotatable bonds is 7. The van der Waals surface area contributed by atoms with Crippen LogP contribution in [-0.4, -0.2) is 72.1 Å². The SMILES string of the molecule is CN1CCN(c2ccc(Nc3cc(C(N)=O)cc(N(c4ccccc4)N4CCCC4)n3)nc2)CC1. The van der Waals surface area contributed by atoms with Crippen LogP contribution in [0.5, 0.6) is 0 Å². The topological polar surface area (TPSA) is 93.9 Å². The summed E-state index contributed by atoms with van der Waals surface area (Å²) in [4.78, 5) is 26.3. The van der Waals surface area contributed by atoms with Gasteiger partial charge in [-0.2, -0.15) is 0 Å². The molecule has 2 aromatic heterocycles. The number of benzene rings is 1. The molecular formula is C26H32N8O. The number of hydrazine groups is 1. The number of para-hydroxylation sites is 1. The molecule has 2 fully saturated rings. The van der Waals surface area contributed by atoms with E-state index in [1.807, 2.05) is 42.6 Å². The average Bonchev–Trinajstić information content (AvgIpc) is 3.40. The van der Waals surface area contributed by atoms with Gasteiger partial charge in [-0.1, -0.05) is 18.2 Å². The van der Waals surface area contributed by atoms with E-state index in [1.54, 1.807) is 12.1 Å².